The van der Waals surface area contributed by atoms with Crippen LogP contribution < -0.4 is 10.6 Å². The van der Waals surface area contributed by atoms with E-state index >= 15 is 0 Å². The van der Waals surface area contributed by atoms with Crippen LogP contribution in [0.25, 0.3) is 0 Å². The van der Waals surface area contributed by atoms with Crippen molar-refractivity contribution in [2.24, 2.45) is 13.0 Å². The number of aromatic nitrogens is 2. The molecule has 0 aliphatic carbocycles. The molecule has 0 spiro atoms. The molecule has 25 heavy (non-hydrogen) atoms. The molecule has 0 unspecified atom stereocenters. The van der Waals surface area contributed by atoms with Gasteiger partial charge in [-0.25, -0.2) is 0 Å². The van der Waals surface area contributed by atoms with Crippen molar-refractivity contribution in [1.82, 2.24) is 15.1 Å². The fourth-order valence-corrected chi connectivity index (χ4v) is 3.17. The predicted molar refractivity (Wildman–Crippen MR) is 93.1 cm³/mol. The fraction of sp³-hybridized carbons (Fsp3) is 0.389. The molecule has 132 valence electrons. The number of carbonyl (C=O) groups is 2. The van der Waals surface area contributed by atoms with E-state index in [9.17, 15) is 9.59 Å². The molecule has 1 aromatic carbocycles. The molecule has 7 heteroatoms. The SMILES string of the molecule is COC(=O)Cc1cccc(NC(=O)[C@H]2CNC[C@@H]2c2cnn(C)c2)c1. The van der Waals surface area contributed by atoms with Gasteiger partial charge in [-0.05, 0) is 23.3 Å². The van der Waals surface area contributed by atoms with E-state index in [0.29, 0.717) is 12.2 Å². The van der Waals surface area contributed by atoms with Crippen molar-refractivity contribution in [2.75, 3.05) is 25.5 Å². The van der Waals surface area contributed by atoms with Gasteiger partial charge in [0.25, 0.3) is 0 Å². The van der Waals surface area contributed by atoms with Crippen LogP contribution in [0.3, 0.4) is 0 Å². The molecule has 2 N–H and O–H groups in total. The van der Waals surface area contributed by atoms with Gasteiger partial charge in [0.2, 0.25) is 5.91 Å². The number of anilines is 1. The number of rotatable bonds is 5. The Kier molecular flexibility index (Phi) is 5.14. The number of nitrogens with one attached hydrogen (secondary N) is 2. The highest BCUT2D eigenvalue weighted by atomic mass is 16.5. The molecule has 3 rings (SSSR count). The maximum atomic E-state index is 12.7. The highest BCUT2D eigenvalue weighted by Crippen LogP contribution is 2.29. The number of nitrogens with zero attached hydrogens (tertiary/aromatic N) is 2. The van der Waals surface area contributed by atoms with E-state index in [2.05, 4.69) is 20.5 Å². The summed E-state index contributed by atoms with van der Waals surface area (Å²) in [6.07, 6.45) is 3.95. The van der Waals surface area contributed by atoms with Crippen LogP contribution in [0.5, 0.6) is 0 Å². The van der Waals surface area contributed by atoms with Crippen LogP contribution in [0.1, 0.15) is 17.0 Å². The van der Waals surface area contributed by atoms with Crippen molar-refractivity contribution in [3.63, 3.8) is 0 Å². The average Bonchev–Trinajstić information content (AvgIpc) is 3.23. The Hall–Kier alpha value is -2.67. The van der Waals surface area contributed by atoms with E-state index in [0.717, 1.165) is 17.7 Å². The first-order valence-corrected chi connectivity index (χ1v) is 8.22. The molecule has 1 fully saturated rings. The minimum Gasteiger partial charge on any atom is -0.469 e. The number of carbonyl (C=O) groups excluding carboxylic acids is 2. The van der Waals surface area contributed by atoms with Crippen molar-refractivity contribution in [3.05, 3.63) is 47.8 Å². The number of hydrogen-bond donors (Lipinski definition) is 2. The number of methoxy groups -OCH3 is 1. The minimum atomic E-state index is -0.305. The number of amides is 1. The van der Waals surface area contributed by atoms with Crippen LogP contribution in [0.4, 0.5) is 5.69 Å². The maximum absolute atomic E-state index is 12.7. The van der Waals surface area contributed by atoms with E-state index in [1.54, 1.807) is 10.7 Å². The monoisotopic (exact) mass is 342 g/mol. The molecule has 7 nitrogen and oxygen atoms in total. The Morgan fingerprint density at radius 1 is 1.40 bits per heavy atom. The predicted octanol–water partition coefficient (Wildman–Crippen LogP) is 1.08. The second kappa shape index (κ2) is 7.48. The van der Waals surface area contributed by atoms with Crippen LogP contribution in [-0.4, -0.2) is 41.9 Å². The van der Waals surface area contributed by atoms with Gasteiger partial charge in [-0.15, -0.1) is 0 Å². The quantitative estimate of drug-likeness (QED) is 0.794. The first-order valence-electron chi connectivity index (χ1n) is 8.22. The van der Waals surface area contributed by atoms with Crippen molar-refractivity contribution in [1.29, 1.82) is 0 Å². The molecule has 1 saturated heterocycles. The second-order valence-corrected chi connectivity index (χ2v) is 6.26. The molecule has 0 saturated carbocycles. The van der Waals surface area contributed by atoms with Gasteiger partial charge in [0, 0.05) is 37.9 Å². The first kappa shape index (κ1) is 17.2. The smallest absolute Gasteiger partial charge is 0.309 e. The molecule has 1 aliphatic heterocycles. The minimum absolute atomic E-state index is 0.0333. The number of ether oxygens (including phenoxy) is 1. The highest BCUT2D eigenvalue weighted by Gasteiger charge is 2.34. The van der Waals surface area contributed by atoms with Crippen LogP contribution in [0.2, 0.25) is 0 Å². The molecule has 1 amide bonds. The van der Waals surface area contributed by atoms with Crippen LogP contribution >= 0.6 is 0 Å². The average molecular weight is 342 g/mol. The molecule has 1 aromatic heterocycles. The van der Waals surface area contributed by atoms with Gasteiger partial charge in [-0.2, -0.15) is 5.10 Å². The van der Waals surface area contributed by atoms with Gasteiger partial charge >= 0.3 is 5.97 Å². The molecular formula is C18H22N4O3. The van der Waals surface area contributed by atoms with Crippen LogP contribution in [0, 0.1) is 5.92 Å². The van der Waals surface area contributed by atoms with Crippen molar-refractivity contribution >= 4 is 17.6 Å². The third-order valence-electron chi connectivity index (χ3n) is 4.47. The lowest BCUT2D eigenvalue weighted by molar-refractivity contribution is -0.139. The Bertz CT molecular complexity index is 771. The Morgan fingerprint density at radius 3 is 2.96 bits per heavy atom. The van der Waals surface area contributed by atoms with Gasteiger partial charge in [-0.1, -0.05) is 12.1 Å². The number of esters is 1. The van der Waals surface area contributed by atoms with E-state index in [1.807, 2.05) is 37.6 Å². The molecule has 2 atom stereocenters. The zero-order chi connectivity index (χ0) is 17.8. The van der Waals surface area contributed by atoms with E-state index in [4.69, 9.17) is 0 Å². The third kappa shape index (κ3) is 4.06. The molecule has 0 bridgehead atoms. The zero-order valence-electron chi connectivity index (χ0n) is 14.4. The van der Waals surface area contributed by atoms with E-state index in [-0.39, 0.29) is 30.1 Å². The largest absolute Gasteiger partial charge is 0.469 e. The van der Waals surface area contributed by atoms with E-state index in [1.165, 1.54) is 7.11 Å². The Balaban J connectivity index is 1.69. The van der Waals surface area contributed by atoms with Gasteiger partial charge in [0.1, 0.15) is 0 Å². The second-order valence-electron chi connectivity index (χ2n) is 6.26. The van der Waals surface area contributed by atoms with Gasteiger partial charge in [-0.3, -0.25) is 14.3 Å². The van der Waals surface area contributed by atoms with Crippen LogP contribution in [0.15, 0.2) is 36.7 Å². The van der Waals surface area contributed by atoms with Gasteiger partial charge < -0.3 is 15.4 Å². The zero-order valence-corrected chi connectivity index (χ0v) is 14.4. The Morgan fingerprint density at radius 2 is 2.24 bits per heavy atom. The summed E-state index contributed by atoms with van der Waals surface area (Å²) in [5.74, 6) is -0.394. The highest BCUT2D eigenvalue weighted by molar-refractivity contribution is 5.93. The number of aryl methyl sites for hydroxylation is 1. The summed E-state index contributed by atoms with van der Waals surface area (Å²) < 4.78 is 6.43. The van der Waals surface area contributed by atoms with Crippen molar-refractivity contribution in [3.8, 4) is 0 Å². The molecule has 0 radical (unpaired) electrons. The summed E-state index contributed by atoms with van der Waals surface area (Å²) in [7, 11) is 3.23. The van der Waals surface area contributed by atoms with Crippen LogP contribution in [-0.2, 0) is 27.8 Å². The van der Waals surface area contributed by atoms with E-state index < -0.39 is 0 Å². The summed E-state index contributed by atoms with van der Waals surface area (Å²) in [6.45, 7) is 1.39. The summed E-state index contributed by atoms with van der Waals surface area (Å²) >= 11 is 0. The molecular weight excluding hydrogens is 320 g/mol. The van der Waals surface area contributed by atoms with Crippen molar-refractivity contribution in [2.45, 2.75) is 12.3 Å². The van der Waals surface area contributed by atoms with Crippen molar-refractivity contribution < 1.29 is 14.3 Å². The summed E-state index contributed by atoms with van der Waals surface area (Å²) in [6, 6.07) is 7.28. The normalized spacial score (nSPS) is 19.6. The van der Waals surface area contributed by atoms with Gasteiger partial charge in [0.15, 0.2) is 0 Å². The maximum Gasteiger partial charge on any atom is 0.309 e. The Labute approximate surface area is 146 Å². The van der Waals surface area contributed by atoms with Gasteiger partial charge in [0.05, 0.1) is 25.6 Å². The molecule has 2 aromatic rings. The summed E-state index contributed by atoms with van der Waals surface area (Å²) in [5.41, 5.74) is 2.55. The topological polar surface area (TPSA) is 85.2 Å². The summed E-state index contributed by atoms with van der Waals surface area (Å²) in [4.78, 5) is 24.1. The fourth-order valence-electron chi connectivity index (χ4n) is 3.17. The summed E-state index contributed by atoms with van der Waals surface area (Å²) in [5, 5.41) is 10.4. The first-order chi connectivity index (χ1) is 12.1. The lowest BCUT2D eigenvalue weighted by Crippen LogP contribution is -2.28. The lowest BCUT2D eigenvalue weighted by atomic mass is 9.90. The standard InChI is InChI=1S/C18H22N4O3/c1-22-11-13(8-20-22)15-9-19-10-16(15)18(24)21-14-5-3-4-12(6-14)7-17(23)25-2/h3-6,8,11,15-16,19H,7,9-10H2,1-2H3,(H,21,24)/t15-,16+/m1/s1. The molecule has 1 aliphatic rings. The number of hydrogen-bond acceptors (Lipinski definition) is 5. The lowest BCUT2D eigenvalue weighted by Gasteiger charge is -2.17. The molecule has 2 heterocycles. The third-order valence-corrected chi connectivity index (χ3v) is 4.47. The number of benzene rings is 1.